The smallest absolute Gasteiger partial charge is 0.323 e. The molecule has 120 valence electrons. The number of ether oxygens (including phenoxy) is 1. The summed E-state index contributed by atoms with van der Waals surface area (Å²) >= 11 is 0. The number of nitrogens with zero attached hydrogens (tertiary/aromatic N) is 3. The highest BCUT2D eigenvalue weighted by Crippen LogP contribution is 2.11. The van der Waals surface area contributed by atoms with E-state index in [-0.39, 0.29) is 0 Å². The quantitative estimate of drug-likeness (QED) is 0.575. The van der Waals surface area contributed by atoms with Gasteiger partial charge in [0.25, 0.3) is 0 Å². The van der Waals surface area contributed by atoms with E-state index in [9.17, 15) is 0 Å². The van der Waals surface area contributed by atoms with Crippen LogP contribution in [0.15, 0.2) is 0 Å². The summed E-state index contributed by atoms with van der Waals surface area (Å²) in [5.74, 6) is 1.11. The summed E-state index contributed by atoms with van der Waals surface area (Å²) in [6, 6.07) is 0.377. The van der Waals surface area contributed by atoms with Gasteiger partial charge in [0.05, 0.1) is 6.61 Å². The topological polar surface area (TPSA) is 72.0 Å². The summed E-state index contributed by atoms with van der Waals surface area (Å²) in [6.45, 7) is 5.79. The lowest BCUT2D eigenvalue weighted by Gasteiger charge is -2.09. The molecule has 0 atom stereocenters. The standard InChI is InChI=1S/C15H29N5O/c1-4-6-7-8-9-10-11-17-14-18-13(16-3)19-15(20-14)21-12-5-2/h4-12H2,1-3H3,(H2,16,17,18,19,20). The Bertz CT molecular complexity index is 386. The van der Waals surface area contributed by atoms with E-state index in [0.29, 0.717) is 24.5 Å². The first-order valence-corrected chi connectivity index (χ1v) is 8.10. The van der Waals surface area contributed by atoms with Gasteiger partial charge in [0, 0.05) is 13.6 Å². The fraction of sp³-hybridized carbons (Fsp3) is 0.800. The van der Waals surface area contributed by atoms with Gasteiger partial charge < -0.3 is 15.4 Å². The number of hydrogen-bond donors (Lipinski definition) is 2. The molecule has 0 aliphatic rings. The summed E-state index contributed by atoms with van der Waals surface area (Å²) in [5.41, 5.74) is 0. The third-order valence-electron chi connectivity index (χ3n) is 3.09. The molecule has 1 aromatic heterocycles. The van der Waals surface area contributed by atoms with Crippen LogP contribution in [0.4, 0.5) is 11.9 Å². The number of hydrogen-bond acceptors (Lipinski definition) is 6. The van der Waals surface area contributed by atoms with Crippen LogP contribution >= 0.6 is 0 Å². The van der Waals surface area contributed by atoms with Gasteiger partial charge in [-0.3, -0.25) is 0 Å². The number of anilines is 2. The van der Waals surface area contributed by atoms with Gasteiger partial charge in [0.15, 0.2) is 0 Å². The van der Waals surface area contributed by atoms with Crippen molar-refractivity contribution in [2.24, 2.45) is 0 Å². The average Bonchev–Trinajstić information content (AvgIpc) is 2.51. The van der Waals surface area contributed by atoms with E-state index in [0.717, 1.165) is 19.4 Å². The second-order valence-electron chi connectivity index (χ2n) is 5.06. The van der Waals surface area contributed by atoms with Crippen LogP contribution in [0, 0.1) is 0 Å². The first kappa shape index (κ1) is 17.5. The van der Waals surface area contributed by atoms with Crippen LogP contribution in [0.3, 0.4) is 0 Å². The van der Waals surface area contributed by atoms with E-state index >= 15 is 0 Å². The molecule has 1 rings (SSSR count). The highest BCUT2D eigenvalue weighted by atomic mass is 16.5. The van der Waals surface area contributed by atoms with Gasteiger partial charge in [-0.2, -0.15) is 15.0 Å². The fourth-order valence-corrected chi connectivity index (χ4v) is 1.91. The van der Waals surface area contributed by atoms with Crippen molar-refractivity contribution in [3.05, 3.63) is 0 Å². The maximum absolute atomic E-state index is 5.47. The monoisotopic (exact) mass is 295 g/mol. The Balaban J connectivity index is 2.35. The van der Waals surface area contributed by atoms with Gasteiger partial charge in [-0.15, -0.1) is 0 Å². The minimum atomic E-state index is 0.377. The maximum atomic E-state index is 5.47. The molecule has 1 heterocycles. The van der Waals surface area contributed by atoms with E-state index in [1.54, 1.807) is 7.05 Å². The molecule has 0 aliphatic heterocycles. The second-order valence-corrected chi connectivity index (χ2v) is 5.06. The largest absolute Gasteiger partial charge is 0.463 e. The third-order valence-corrected chi connectivity index (χ3v) is 3.09. The van der Waals surface area contributed by atoms with Crippen LogP contribution in [0.2, 0.25) is 0 Å². The molecular formula is C15H29N5O. The first-order chi connectivity index (χ1) is 10.3. The van der Waals surface area contributed by atoms with Crippen molar-refractivity contribution in [2.45, 2.75) is 58.8 Å². The highest BCUT2D eigenvalue weighted by Gasteiger charge is 2.05. The lowest BCUT2D eigenvalue weighted by atomic mass is 10.1. The molecule has 0 aliphatic carbocycles. The van der Waals surface area contributed by atoms with E-state index in [1.807, 2.05) is 0 Å². The summed E-state index contributed by atoms with van der Waals surface area (Å²) in [4.78, 5) is 12.7. The molecular weight excluding hydrogens is 266 g/mol. The van der Waals surface area contributed by atoms with Crippen molar-refractivity contribution in [2.75, 3.05) is 30.8 Å². The predicted molar refractivity (Wildman–Crippen MR) is 87.0 cm³/mol. The van der Waals surface area contributed by atoms with Gasteiger partial charge in [-0.25, -0.2) is 0 Å². The van der Waals surface area contributed by atoms with E-state index in [1.165, 1.54) is 32.1 Å². The van der Waals surface area contributed by atoms with Gasteiger partial charge in [-0.1, -0.05) is 46.0 Å². The number of nitrogens with one attached hydrogen (secondary N) is 2. The molecule has 21 heavy (non-hydrogen) atoms. The van der Waals surface area contributed by atoms with Crippen molar-refractivity contribution in [1.82, 2.24) is 15.0 Å². The Morgan fingerprint density at radius 1 is 0.857 bits per heavy atom. The predicted octanol–water partition coefficient (Wildman–Crippen LogP) is 3.47. The second kappa shape index (κ2) is 11.1. The Hall–Kier alpha value is -1.59. The maximum Gasteiger partial charge on any atom is 0.323 e. The lowest BCUT2D eigenvalue weighted by Crippen LogP contribution is -2.10. The summed E-state index contributed by atoms with van der Waals surface area (Å²) in [5, 5.41) is 6.17. The Labute approximate surface area is 128 Å². The minimum absolute atomic E-state index is 0.377. The molecule has 0 saturated carbocycles. The lowest BCUT2D eigenvalue weighted by molar-refractivity contribution is 0.292. The van der Waals surface area contributed by atoms with Crippen LogP contribution < -0.4 is 15.4 Å². The van der Waals surface area contributed by atoms with Crippen molar-refractivity contribution >= 4 is 11.9 Å². The zero-order valence-electron chi connectivity index (χ0n) is 13.6. The van der Waals surface area contributed by atoms with Gasteiger partial charge in [0.1, 0.15) is 0 Å². The number of aromatic nitrogens is 3. The number of rotatable bonds is 12. The SMILES string of the molecule is CCCCCCCCNc1nc(NC)nc(OCCC)n1. The molecule has 0 unspecified atom stereocenters. The molecule has 0 radical (unpaired) electrons. The highest BCUT2D eigenvalue weighted by molar-refractivity contribution is 5.35. The van der Waals surface area contributed by atoms with Gasteiger partial charge >= 0.3 is 6.01 Å². The first-order valence-electron chi connectivity index (χ1n) is 8.10. The molecule has 0 spiro atoms. The zero-order chi connectivity index (χ0) is 15.3. The Kier molecular flexibility index (Phi) is 9.24. The van der Waals surface area contributed by atoms with E-state index < -0.39 is 0 Å². The number of unbranched alkanes of at least 4 members (excludes halogenated alkanes) is 5. The molecule has 2 N–H and O–H groups in total. The average molecular weight is 295 g/mol. The zero-order valence-corrected chi connectivity index (χ0v) is 13.6. The van der Waals surface area contributed by atoms with Crippen molar-refractivity contribution < 1.29 is 4.74 Å². The third kappa shape index (κ3) is 7.68. The van der Waals surface area contributed by atoms with Crippen LogP contribution in [-0.4, -0.2) is 35.2 Å². The van der Waals surface area contributed by atoms with E-state index in [2.05, 4.69) is 39.4 Å². The van der Waals surface area contributed by atoms with Crippen LogP contribution in [-0.2, 0) is 0 Å². The summed E-state index contributed by atoms with van der Waals surface area (Å²) in [7, 11) is 1.79. The van der Waals surface area contributed by atoms with Crippen molar-refractivity contribution in [3.63, 3.8) is 0 Å². The molecule has 0 bridgehead atoms. The van der Waals surface area contributed by atoms with Crippen molar-refractivity contribution in [1.29, 1.82) is 0 Å². The summed E-state index contributed by atoms with van der Waals surface area (Å²) < 4.78 is 5.47. The van der Waals surface area contributed by atoms with Gasteiger partial charge in [0.2, 0.25) is 11.9 Å². The van der Waals surface area contributed by atoms with Crippen LogP contribution in [0.25, 0.3) is 0 Å². The van der Waals surface area contributed by atoms with Crippen molar-refractivity contribution in [3.8, 4) is 6.01 Å². The molecule has 0 amide bonds. The van der Waals surface area contributed by atoms with Crippen LogP contribution in [0.1, 0.15) is 58.8 Å². The Morgan fingerprint density at radius 2 is 1.57 bits per heavy atom. The van der Waals surface area contributed by atoms with Gasteiger partial charge in [-0.05, 0) is 12.8 Å². The Morgan fingerprint density at radius 3 is 2.29 bits per heavy atom. The normalized spacial score (nSPS) is 10.4. The minimum Gasteiger partial charge on any atom is -0.463 e. The summed E-state index contributed by atoms with van der Waals surface area (Å²) in [6.07, 6.45) is 8.58. The fourth-order valence-electron chi connectivity index (χ4n) is 1.91. The molecule has 0 aromatic carbocycles. The molecule has 6 nitrogen and oxygen atoms in total. The van der Waals surface area contributed by atoms with Crippen LogP contribution in [0.5, 0.6) is 6.01 Å². The molecule has 0 saturated heterocycles. The van der Waals surface area contributed by atoms with E-state index in [4.69, 9.17) is 4.74 Å². The molecule has 0 fully saturated rings. The molecule has 1 aromatic rings. The molecule has 6 heteroatoms.